The molecule has 4 rings (SSSR count). The smallest absolute Gasteiger partial charge is 0.253 e. The van der Waals surface area contributed by atoms with Crippen LogP contribution in [0.4, 0.5) is 0 Å². The van der Waals surface area contributed by atoms with Crippen molar-refractivity contribution in [3.63, 3.8) is 0 Å². The van der Waals surface area contributed by atoms with E-state index in [1.807, 2.05) is 53.4 Å². The van der Waals surface area contributed by atoms with Crippen LogP contribution in [-0.4, -0.2) is 68.2 Å². The molecule has 0 unspecified atom stereocenters. The molecule has 0 atom stereocenters. The molecule has 0 aliphatic carbocycles. The molecule has 184 valence electrons. The van der Waals surface area contributed by atoms with Gasteiger partial charge in [0, 0.05) is 56.2 Å². The van der Waals surface area contributed by atoms with E-state index in [4.69, 9.17) is 18.9 Å². The largest absolute Gasteiger partial charge is 0.493 e. The van der Waals surface area contributed by atoms with Crippen molar-refractivity contribution in [3.8, 4) is 23.0 Å². The minimum absolute atomic E-state index is 0.0361. The number of hydrogen-bond donors (Lipinski definition) is 0. The second kappa shape index (κ2) is 11.6. The van der Waals surface area contributed by atoms with Crippen LogP contribution in [0.15, 0.2) is 60.9 Å². The lowest BCUT2D eigenvalue weighted by Crippen LogP contribution is -2.48. The first-order valence-corrected chi connectivity index (χ1v) is 11.5. The SMILES string of the molecule is COc1ccc(CN2CCN(C(=O)c3ccc(OCc4ccncc4)cc3)CC2)c(OC)c1OC. The second-order valence-corrected chi connectivity index (χ2v) is 8.23. The van der Waals surface area contributed by atoms with Crippen molar-refractivity contribution >= 4 is 5.91 Å². The molecule has 0 spiro atoms. The summed E-state index contributed by atoms with van der Waals surface area (Å²) in [7, 11) is 4.84. The Morgan fingerprint density at radius 3 is 2.14 bits per heavy atom. The molecule has 8 heteroatoms. The molecular formula is C27H31N3O5. The number of pyridine rings is 1. The highest BCUT2D eigenvalue weighted by Crippen LogP contribution is 2.40. The Hall–Kier alpha value is -3.78. The van der Waals surface area contributed by atoms with Gasteiger partial charge in [-0.15, -0.1) is 0 Å². The number of carbonyl (C=O) groups excluding carboxylic acids is 1. The minimum Gasteiger partial charge on any atom is -0.493 e. The Bertz CT molecular complexity index is 1110. The topological polar surface area (TPSA) is 73.4 Å². The molecule has 0 radical (unpaired) electrons. The Morgan fingerprint density at radius 2 is 1.51 bits per heavy atom. The number of hydrogen-bond acceptors (Lipinski definition) is 7. The quantitative estimate of drug-likeness (QED) is 0.466. The number of ether oxygens (including phenoxy) is 4. The first-order chi connectivity index (χ1) is 17.1. The van der Waals surface area contributed by atoms with Crippen LogP contribution in [0.25, 0.3) is 0 Å². The lowest BCUT2D eigenvalue weighted by Gasteiger charge is -2.35. The maximum Gasteiger partial charge on any atom is 0.253 e. The fourth-order valence-electron chi connectivity index (χ4n) is 4.16. The molecule has 0 N–H and O–H groups in total. The molecule has 2 heterocycles. The number of methoxy groups -OCH3 is 3. The summed E-state index contributed by atoms with van der Waals surface area (Å²) >= 11 is 0. The van der Waals surface area contributed by atoms with Crippen molar-refractivity contribution in [3.05, 3.63) is 77.6 Å². The van der Waals surface area contributed by atoms with Crippen LogP contribution in [0, 0.1) is 0 Å². The van der Waals surface area contributed by atoms with Gasteiger partial charge in [0.25, 0.3) is 5.91 Å². The number of benzene rings is 2. The lowest BCUT2D eigenvalue weighted by molar-refractivity contribution is 0.0627. The molecule has 0 bridgehead atoms. The Morgan fingerprint density at radius 1 is 0.829 bits per heavy atom. The van der Waals surface area contributed by atoms with Gasteiger partial charge in [-0.25, -0.2) is 0 Å². The van der Waals surface area contributed by atoms with Crippen LogP contribution in [0.5, 0.6) is 23.0 Å². The van der Waals surface area contributed by atoms with Crippen molar-refractivity contribution in [2.75, 3.05) is 47.5 Å². The number of rotatable bonds is 9. The third-order valence-electron chi connectivity index (χ3n) is 6.10. The van der Waals surface area contributed by atoms with Gasteiger partial charge in [0.15, 0.2) is 11.5 Å². The van der Waals surface area contributed by atoms with Crippen molar-refractivity contribution in [1.82, 2.24) is 14.8 Å². The van der Waals surface area contributed by atoms with Crippen molar-refractivity contribution in [2.45, 2.75) is 13.2 Å². The van der Waals surface area contributed by atoms with Crippen molar-refractivity contribution in [2.24, 2.45) is 0 Å². The van der Waals surface area contributed by atoms with E-state index in [0.29, 0.717) is 49.1 Å². The maximum absolute atomic E-state index is 13.0. The van der Waals surface area contributed by atoms with Gasteiger partial charge in [0.1, 0.15) is 12.4 Å². The van der Waals surface area contributed by atoms with Gasteiger partial charge >= 0.3 is 0 Å². The van der Waals surface area contributed by atoms with Crippen molar-refractivity contribution < 1.29 is 23.7 Å². The van der Waals surface area contributed by atoms with E-state index in [0.717, 1.165) is 30.0 Å². The van der Waals surface area contributed by atoms with Crippen molar-refractivity contribution in [1.29, 1.82) is 0 Å². The van der Waals surface area contributed by atoms with E-state index < -0.39 is 0 Å². The summed E-state index contributed by atoms with van der Waals surface area (Å²) in [6, 6.07) is 15.0. The van der Waals surface area contributed by atoms with Crippen LogP contribution in [-0.2, 0) is 13.2 Å². The fraction of sp³-hybridized carbons (Fsp3) is 0.333. The van der Waals surface area contributed by atoms with E-state index >= 15 is 0 Å². The predicted octanol–water partition coefficient (Wildman–Crippen LogP) is 3.64. The number of piperazine rings is 1. The first kappa shape index (κ1) is 24.3. The van der Waals surface area contributed by atoms with E-state index in [9.17, 15) is 4.79 Å². The highest BCUT2D eigenvalue weighted by molar-refractivity contribution is 5.94. The highest BCUT2D eigenvalue weighted by atomic mass is 16.5. The van der Waals surface area contributed by atoms with Gasteiger partial charge in [-0.2, -0.15) is 0 Å². The fourth-order valence-corrected chi connectivity index (χ4v) is 4.16. The predicted molar refractivity (Wildman–Crippen MR) is 132 cm³/mol. The van der Waals surface area contributed by atoms with Crippen LogP contribution < -0.4 is 18.9 Å². The maximum atomic E-state index is 13.0. The molecule has 1 saturated heterocycles. The molecule has 35 heavy (non-hydrogen) atoms. The lowest BCUT2D eigenvalue weighted by atomic mass is 10.1. The third-order valence-corrected chi connectivity index (χ3v) is 6.10. The van der Waals surface area contributed by atoms with E-state index in [2.05, 4.69) is 9.88 Å². The van der Waals surface area contributed by atoms with Crippen LogP contribution in [0.2, 0.25) is 0 Å². The van der Waals surface area contributed by atoms with Gasteiger partial charge in [0.05, 0.1) is 21.3 Å². The van der Waals surface area contributed by atoms with Gasteiger partial charge in [0.2, 0.25) is 5.75 Å². The Kier molecular flexibility index (Phi) is 8.05. The number of aromatic nitrogens is 1. The molecule has 0 saturated carbocycles. The molecule has 1 amide bonds. The molecule has 1 aromatic heterocycles. The summed E-state index contributed by atoms with van der Waals surface area (Å²) in [5, 5.41) is 0. The van der Waals surface area contributed by atoms with Gasteiger partial charge in [-0.3, -0.25) is 14.7 Å². The Balaban J connectivity index is 1.31. The van der Waals surface area contributed by atoms with Crippen LogP contribution in [0.1, 0.15) is 21.5 Å². The normalized spacial score (nSPS) is 13.9. The summed E-state index contributed by atoms with van der Waals surface area (Å²) in [6.45, 7) is 4.04. The average Bonchev–Trinajstić information content (AvgIpc) is 2.92. The minimum atomic E-state index is 0.0361. The first-order valence-electron chi connectivity index (χ1n) is 11.5. The van der Waals surface area contributed by atoms with E-state index in [1.54, 1.807) is 33.7 Å². The zero-order valence-electron chi connectivity index (χ0n) is 20.4. The monoisotopic (exact) mass is 477 g/mol. The van der Waals surface area contributed by atoms with Crippen LogP contribution >= 0.6 is 0 Å². The summed E-state index contributed by atoms with van der Waals surface area (Å²) < 4.78 is 22.3. The van der Waals surface area contributed by atoms with Gasteiger partial charge in [-0.05, 0) is 48.0 Å². The Labute approximate surface area is 206 Å². The van der Waals surface area contributed by atoms with Gasteiger partial charge < -0.3 is 23.8 Å². The van der Waals surface area contributed by atoms with E-state index in [1.165, 1.54) is 0 Å². The van der Waals surface area contributed by atoms with E-state index in [-0.39, 0.29) is 5.91 Å². The summed E-state index contributed by atoms with van der Waals surface area (Å²) in [5.74, 6) is 2.67. The van der Waals surface area contributed by atoms with Gasteiger partial charge in [-0.1, -0.05) is 6.07 Å². The highest BCUT2D eigenvalue weighted by Gasteiger charge is 2.24. The number of amides is 1. The molecule has 1 aliphatic heterocycles. The van der Waals surface area contributed by atoms with Crippen LogP contribution in [0.3, 0.4) is 0 Å². The second-order valence-electron chi connectivity index (χ2n) is 8.23. The number of nitrogens with zero attached hydrogens (tertiary/aromatic N) is 3. The zero-order valence-corrected chi connectivity index (χ0v) is 20.4. The molecule has 8 nitrogen and oxygen atoms in total. The molecular weight excluding hydrogens is 446 g/mol. The average molecular weight is 478 g/mol. The molecule has 2 aromatic carbocycles. The molecule has 1 fully saturated rings. The zero-order chi connectivity index (χ0) is 24.6. The summed E-state index contributed by atoms with van der Waals surface area (Å²) in [6.07, 6.45) is 3.48. The third kappa shape index (κ3) is 5.84. The summed E-state index contributed by atoms with van der Waals surface area (Å²) in [5.41, 5.74) is 2.73. The standard InChI is InChI=1S/C27H31N3O5/c1-32-24-9-6-22(25(33-2)26(24)34-3)18-29-14-16-30(17-15-29)27(31)21-4-7-23(8-5-21)35-19-20-10-12-28-13-11-20/h4-13H,14-19H2,1-3H3. The number of carbonyl (C=O) groups is 1. The molecule has 1 aliphatic rings. The summed E-state index contributed by atoms with van der Waals surface area (Å²) in [4.78, 5) is 21.2. The molecule has 3 aromatic rings.